The molecule has 1 aliphatic rings. The van der Waals surface area contributed by atoms with Gasteiger partial charge in [0.15, 0.2) is 0 Å². The number of fused-ring (bicyclic) bond motifs is 1. The SMILES string of the molecule is CCCC1CCCc2cc(CCNC(=O)Nc3ccc(F)cc3)ccc21. The van der Waals surface area contributed by atoms with Crippen LogP contribution in [0.3, 0.4) is 0 Å². The molecule has 0 saturated carbocycles. The van der Waals surface area contributed by atoms with E-state index in [1.165, 1.54) is 60.9 Å². The van der Waals surface area contributed by atoms with Gasteiger partial charge in [-0.25, -0.2) is 9.18 Å². The van der Waals surface area contributed by atoms with E-state index in [-0.39, 0.29) is 11.8 Å². The summed E-state index contributed by atoms with van der Waals surface area (Å²) in [6.07, 6.45) is 7.07. The molecule has 1 unspecified atom stereocenters. The number of urea groups is 1. The molecule has 2 N–H and O–H groups in total. The molecule has 26 heavy (non-hydrogen) atoms. The van der Waals surface area contributed by atoms with Gasteiger partial charge in [-0.1, -0.05) is 31.5 Å². The van der Waals surface area contributed by atoms with Gasteiger partial charge in [-0.15, -0.1) is 0 Å². The van der Waals surface area contributed by atoms with Gasteiger partial charge in [0, 0.05) is 12.2 Å². The maximum atomic E-state index is 12.9. The van der Waals surface area contributed by atoms with Gasteiger partial charge in [-0.05, 0) is 79.0 Å². The van der Waals surface area contributed by atoms with Crippen LogP contribution in [0.15, 0.2) is 42.5 Å². The van der Waals surface area contributed by atoms with Gasteiger partial charge in [0.1, 0.15) is 5.82 Å². The molecule has 138 valence electrons. The van der Waals surface area contributed by atoms with Gasteiger partial charge < -0.3 is 10.6 Å². The lowest BCUT2D eigenvalue weighted by Crippen LogP contribution is -2.30. The first kappa shape index (κ1) is 18.4. The first-order chi connectivity index (χ1) is 12.7. The van der Waals surface area contributed by atoms with Crippen LogP contribution in [0.25, 0.3) is 0 Å². The molecule has 0 saturated heterocycles. The lowest BCUT2D eigenvalue weighted by molar-refractivity contribution is 0.252. The minimum Gasteiger partial charge on any atom is -0.338 e. The molecule has 0 heterocycles. The Balaban J connectivity index is 1.50. The summed E-state index contributed by atoms with van der Waals surface area (Å²) in [6.45, 7) is 2.83. The molecule has 2 aromatic carbocycles. The number of aryl methyl sites for hydroxylation is 1. The molecule has 0 aliphatic heterocycles. The summed E-state index contributed by atoms with van der Waals surface area (Å²) >= 11 is 0. The number of benzene rings is 2. The molecule has 0 radical (unpaired) electrons. The van der Waals surface area contributed by atoms with Crippen molar-refractivity contribution in [3.8, 4) is 0 Å². The Bertz CT molecular complexity index is 742. The topological polar surface area (TPSA) is 41.1 Å². The number of amides is 2. The smallest absolute Gasteiger partial charge is 0.319 e. The van der Waals surface area contributed by atoms with E-state index in [0.29, 0.717) is 12.2 Å². The molecule has 2 amide bonds. The summed E-state index contributed by atoms with van der Waals surface area (Å²) in [5.74, 6) is 0.405. The van der Waals surface area contributed by atoms with Crippen molar-refractivity contribution >= 4 is 11.7 Å². The van der Waals surface area contributed by atoms with E-state index in [2.05, 4.69) is 35.8 Å². The zero-order chi connectivity index (χ0) is 18.4. The third-order valence-corrected chi connectivity index (χ3v) is 5.08. The van der Waals surface area contributed by atoms with Crippen LogP contribution in [0.2, 0.25) is 0 Å². The monoisotopic (exact) mass is 354 g/mol. The molecule has 3 rings (SSSR count). The minimum atomic E-state index is -0.315. The van der Waals surface area contributed by atoms with E-state index >= 15 is 0 Å². The van der Waals surface area contributed by atoms with Gasteiger partial charge >= 0.3 is 6.03 Å². The van der Waals surface area contributed by atoms with E-state index < -0.39 is 0 Å². The number of anilines is 1. The van der Waals surface area contributed by atoms with Crippen LogP contribution in [0.1, 0.15) is 55.2 Å². The van der Waals surface area contributed by atoms with E-state index in [0.717, 1.165) is 12.3 Å². The lowest BCUT2D eigenvalue weighted by atomic mass is 9.80. The summed E-state index contributed by atoms with van der Waals surface area (Å²) in [5.41, 5.74) is 4.87. The van der Waals surface area contributed by atoms with Crippen molar-refractivity contribution in [1.29, 1.82) is 0 Å². The second-order valence-corrected chi connectivity index (χ2v) is 7.05. The second kappa shape index (κ2) is 8.84. The third kappa shape index (κ3) is 4.84. The van der Waals surface area contributed by atoms with Gasteiger partial charge in [-0.2, -0.15) is 0 Å². The van der Waals surface area contributed by atoms with Crippen LogP contribution in [-0.4, -0.2) is 12.6 Å². The summed E-state index contributed by atoms with van der Waals surface area (Å²) in [7, 11) is 0. The average molecular weight is 354 g/mol. The minimum absolute atomic E-state index is 0.266. The maximum absolute atomic E-state index is 12.9. The highest BCUT2D eigenvalue weighted by Crippen LogP contribution is 2.35. The fourth-order valence-corrected chi connectivity index (χ4v) is 3.80. The molecular weight excluding hydrogens is 327 g/mol. The summed E-state index contributed by atoms with van der Waals surface area (Å²) in [5, 5.41) is 5.57. The third-order valence-electron chi connectivity index (χ3n) is 5.08. The molecule has 0 aromatic heterocycles. The quantitative estimate of drug-likeness (QED) is 0.715. The molecule has 1 aliphatic carbocycles. The number of halogens is 1. The van der Waals surface area contributed by atoms with E-state index in [4.69, 9.17) is 0 Å². The van der Waals surface area contributed by atoms with Gasteiger partial charge in [0.25, 0.3) is 0 Å². The zero-order valence-corrected chi connectivity index (χ0v) is 15.4. The van der Waals surface area contributed by atoms with Crippen LogP contribution < -0.4 is 10.6 Å². The number of rotatable bonds is 6. The Morgan fingerprint density at radius 1 is 1.19 bits per heavy atom. The zero-order valence-electron chi connectivity index (χ0n) is 15.4. The predicted molar refractivity (Wildman–Crippen MR) is 104 cm³/mol. The predicted octanol–water partition coefficient (Wildman–Crippen LogP) is 5.41. The van der Waals surface area contributed by atoms with Gasteiger partial charge in [0.05, 0.1) is 0 Å². The van der Waals surface area contributed by atoms with Crippen molar-refractivity contribution in [3.05, 3.63) is 65.0 Å². The van der Waals surface area contributed by atoms with Crippen molar-refractivity contribution in [2.24, 2.45) is 0 Å². The van der Waals surface area contributed by atoms with Crippen LogP contribution in [0.4, 0.5) is 14.9 Å². The highest BCUT2D eigenvalue weighted by Gasteiger charge is 2.19. The van der Waals surface area contributed by atoms with Gasteiger partial charge in [-0.3, -0.25) is 0 Å². The Morgan fingerprint density at radius 3 is 2.77 bits per heavy atom. The number of carbonyl (C=O) groups excluding carboxylic acids is 1. The van der Waals surface area contributed by atoms with Crippen molar-refractivity contribution in [3.63, 3.8) is 0 Å². The standard InChI is InChI=1S/C22H27FN2O/c1-2-4-17-5-3-6-18-15-16(7-12-21(17)18)13-14-24-22(26)25-20-10-8-19(23)9-11-20/h7-12,15,17H,2-6,13-14H2,1H3,(H2,24,25,26). The van der Waals surface area contributed by atoms with Gasteiger partial charge in [0.2, 0.25) is 0 Å². The van der Waals surface area contributed by atoms with Crippen molar-refractivity contribution in [2.75, 3.05) is 11.9 Å². The first-order valence-electron chi connectivity index (χ1n) is 9.58. The first-order valence-corrected chi connectivity index (χ1v) is 9.58. The van der Waals surface area contributed by atoms with E-state index in [9.17, 15) is 9.18 Å². The maximum Gasteiger partial charge on any atom is 0.319 e. The molecule has 1 atom stereocenters. The number of carbonyl (C=O) groups is 1. The van der Waals surface area contributed by atoms with E-state index in [1.54, 1.807) is 12.1 Å². The van der Waals surface area contributed by atoms with Crippen LogP contribution in [0, 0.1) is 5.82 Å². The van der Waals surface area contributed by atoms with Crippen molar-refractivity contribution in [1.82, 2.24) is 5.32 Å². The van der Waals surface area contributed by atoms with E-state index in [1.807, 2.05) is 0 Å². The Morgan fingerprint density at radius 2 is 2.00 bits per heavy atom. The fourth-order valence-electron chi connectivity index (χ4n) is 3.80. The Hall–Kier alpha value is -2.36. The Kier molecular flexibility index (Phi) is 6.26. The molecule has 3 nitrogen and oxygen atoms in total. The number of hydrogen-bond acceptors (Lipinski definition) is 1. The molecule has 0 spiro atoms. The van der Waals surface area contributed by atoms with Crippen LogP contribution >= 0.6 is 0 Å². The lowest BCUT2D eigenvalue weighted by Gasteiger charge is -2.26. The molecule has 0 bridgehead atoms. The summed E-state index contributed by atoms with van der Waals surface area (Å²) < 4.78 is 12.9. The highest BCUT2D eigenvalue weighted by molar-refractivity contribution is 5.89. The average Bonchev–Trinajstić information content (AvgIpc) is 2.64. The summed E-state index contributed by atoms with van der Waals surface area (Å²) in [6, 6.07) is 12.3. The normalized spacial score (nSPS) is 16.0. The molecule has 0 fully saturated rings. The molecular formula is C22H27FN2O. The fraction of sp³-hybridized carbons (Fsp3) is 0.409. The molecule has 4 heteroatoms. The van der Waals surface area contributed by atoms with Crippen molar-refractivity contribution in [2.45, 2.75) is 51.4 Å². The number of nitrogens with one attached hydrogen (secondary N) is 2. The summed E-state index contributed by atoms with van der Waals surface area (Å²) in [4.78, 5) is 11.9. The largest absolute Gasteiger partial charge is 0.338 e. The van der Waals surface area contributed by atoms with Crippen LogP contribution in [-0.2, 0) is 12.8 Å². The van der Waals surface area contributed by atoms with Crippen LogP contribution in [0.5, 0.6) is 0 Å². The highest BCUT2D eigenvalue weighted by atomic mass is 19.1. The molecule has 2 aromatic rings. The second-order valence-electron chi connectivity index (χ2n) is 7.05. The van der Waals surface area contributed by atoms with Crippen molar-refractivity contribution < 1.29 is 9.18 Å². The Labute approximate surface area is 155 Å². The number of hydrogen-bond donors (Lipinski definition) is 2.